The Balaban J connectivity index is 2.17. The van der Waals surface area contributed by atoms with Gasteiger partial charge in [-0.25, -0.2) is 13.6 Å². The van der Waals surface area contributed by atoms with E-state index >= 15 is 0 Å². The molecular formula is C14H21N3O3S. The number of carbonyl (C=O) groups is 1. The molecule has 6 nitrogen and oxygen atoms in total. The number of sulfonamides is 1. The van der Waals surface area contributed by atoms with Crippen molar-refractivity contribution in [3.63, 3.8) is 0 Å². The van der Waals surface area contributed by atoms with E-state index in [-0.39, 0.29) is 22.9 Å². The Morgan fingerprint density at radius 3 is 2.62 bits per heavy atom. The second-order valence-corrected chi connectivity index (χ2v) is 7.80. The zero-order chi connectivity index (χ0) is 15.8. The molecule has 1 aromatic carbocycles. The molecule has 21 heavy (non-hydrogen) atoms. The fraction of sp³-hybridized carbons (Fsp3) is 0.500. The van der Waals surface area contributed by atoms with Crippen molar-refractivity contribution in [2.45, 2.75) is 37.6 Å². The first-order chi connectivity index (χ1) is 9.58. The Labute approximate surface area is 125 Å². The number of nitrogens with two attached hydrogens (primary N) is 1. The van der Waals surface area contributed by atoms with Crippen LogP contribution in [0.25, 0.3) is 0 Å². The third kappa shape index (κ3) is 3.81. The molecule has 0 aliphatic carbocycles. The van der Waals surface area contributed by atoms with Crippen molar-refractivity contribution >= 4 is 21.6 Å². The lowest BCUT2D eigenvalue weighted by Crippen LogP contribution is -2.44. The molecule has 1 aromatic rings. The second kappa shape index (κ2) is 5.40. The van der Waals surface area contributed by atoms with E-state index < -0.39 is 10.0 Å². The summed E-state index contributed by atoms with van der Waals surface area (Å²) in [6.45, 7) is 6.80. The number of nitrogens with zero attached hydrogens (tertiary/aromatic N) is 1. The fourth-order valence-corrected chi connectivity index (χ4v) is 2.81. The zero-order valence-electron chi connectivity index (χ0n) is 12.5. The number of fused-ring (bicyclic) bond motifs is 1. The second-order valence-electron chi connectivity index (χ2n) is 6.23. The van der Waals surface area contributed by atoms with Crippen LogP contribution in [0.2, 0.25) is 0 Å². The fourth-order valence-electron chi connectivity index (χ4n) is 2.25. The summed E-state index contributed by atoms with van der Waals surface area (Å²) in [5.41, 5.74) is 1.48. The van der Waals surface area contributed by atoms with Crippen LogP contribution in [-0.4, -0.2) is 33.0 Å². The largest absolute Gasteiger partial charge is 0.311 e. The number of benzene rings is 1. The van der Waals surface area contributed by atoms with Crippen LogP contribution in [0.3, 0.4) is 0 Å². The number of amides is 1. The first-order valence-corrected chi connectivity index (χ1v) is 8.34. The van der Waals surface area contributed by atoms with Gasteiger partial charge in [0.15, 0.2) is 0 Å². The summed E-state index contributed by atoms with van der Waals surface area (Å²) in [7, 11) is -3.71. The van der Waals surface area contributed by atoms with Gasteiger partial charge < -0.3 is 10.2 Å². The lowest BCUT2D eigenvalue weighted by atomic mass is 10.1. The smallest absolute Gasteiger partial charge is 0.240 e. The summed E-state index contributed by atoms with van der Waals surface area (Å²) in [5.74, 6) is -0.0213. The first-order valence-electron chi connectivity index (χ1n) is 6.79. The van der Waals surface area contributed by atoms with E-state index in [1.807, 2.05) is 20.8 Å². The highest BCUT2D eigenvalue weighted by molar-refractivity contribution is 7.89. The molecule has 0 spiro atoms. The molecule has 1 aliphatic heterocycles. The molecule has 3 N–H and O–H groups in total. The Morgan fingerprint density at radius 1 is 1.38 bits per heavy atom. The van der Waals surface area contributed by atoms with Gasteiger partial charge in [0, 0.05) is 17.8 Å². The van der Waals surface area contributed by atoms with Gasteiger partial charge in [0.2, 0.25) is 15.9 Å². The average Bonchev–Trinajstić information content (AvgIpc) is 2.76. The van der Waals surface area contributed by atoms with E-state index in [0.29, 0.717) is 13.0 Å². The number of nitrogens with one attached hydrogen (secondary N) is 1. The predicted octanol–water partition coefficient (Wildman–Crippen LogP) is 0.611. The lowest BCUT2D eigenvalue weighted by molar-refractivity contribution is -0.118. The van der Waals surface area contributed by atoms with Gasteiger partial charge >= 0.3 is 0 Å². The van der Waals surface area contributed by atoms with Crippen LogP contribution >= 0.6 is 0 Å². The molecule has 116 valence electrons. The van der Waals surface area contributed by atoms with E-state index in [4.69, 9.17) is 5.14 Å². The van der Waals surface area contributed by atoms with Gasteiger partial charge in [-0.2, -0.15) is 0 Å². The molecule has 0 saturated carbocycles. The monoisotopic (exact) mass is 311 g/mol. The Hall–Kier alpha value is -1.44. The highest BCUT2D eigenvalue weighted by Gasteiger charge is 2.26. The summed E-state index contributed by atoms with van der Waals surface area (Å²) in [5, 5.41) is 8.28. The first kappa shape index (κ1) is 15.9. The van der Waals surface area contributed by atoms with E-state index in [1.54, 1.807) is 17.0 Å². The van der Waals surface area contributed by atoms with Gasteiger partial charge in [-0.3, -0.25) is 4.79 Å². The molecule has 0 radical (unpaired) electrons. The van der Waals surface area contributed by atoms with Gasteiger partial charge in [-0.05, 0) is 51.0 Å². The maximum atomic E-state index is 12.3. The van der Waals surface area contributed by atoms with E-state index in [2.05, 4.69) is 5.32 Å². The molecule has 1 amide bonds. The number of hydrogen-bond acceptors (Lipinski definition) is 4. The van der Waals surface area contributed by atoms with Crippen LogP contribution in [0.5, 0.6) is 0 Å². The van der Waals surface area contributed by atoms with Crippen molar-refractivity contribution in [2.24, 2.45) is 5.14 Å². The Kier molecular flexibility index (Phi) is 4.10. The van der Waals surface area contributed by atoms with Gasteiger partial charge in [-0.1, -0.05) is 0 Å². The molecule has 1 heterocycles. The van der Waals surface area contributed by atoms with Crippen molar-refractivity contribution in [3.05, 3.63) is 23.8 Å². The van der Waals surface area contributed by atoms with Crippen LogP contribution in [0.4, 0.5) is 5.69 Å². The standard InChI is InChI=1S/C14H21N3O3S/c1-14(2,3)16-9-13(18)17-7-6-10-8-11(21(15,19)20)4-5-12(10)17/h4-5,8,16H,6-7,9H2,1-3H3,(H2,15,19,20). The van der Waals surface area contributed by atoms with Crippen LogP contribution in [-0.2, 0) is 21.2 Å². The lowest BCUT2D eigenvalue weighted by Gasteiger charge is -2.23. The molecule has 1 aliphatic rings. The number of rotatable bonds is 3. The van der Waals surface area contributed by atoms with Gasteiger partial charge in [0.25, 0.3) is 0 Å². The quantitative estimate of drug-likeness (QED) is 0.855. The molecule has 0 fully saturated rings. The molecule has 2 rings (SSSR count). The topological polar surface area (TPSA) is 92.5 Å². The molecule has 0 saturated heterocycles. The molecular weight excluding hydrogens is 290 g/mol. The summed E-state index contributed by atoms with van der Waals surface area (Å²) in [6, 6.07) is 4.64. The van der Waals surface area contributed by atoms with E-state index in [0.717, 1.165) is 11.3 Å². The van der Waals surface area contributed by atoms with Crippen molar-refractivity contribution < 1.29 is 13.2 Å². The van der Waals surface area contributed by atoms with Gasteiger partial charge in [0.05, 0.1) is 11.4 Å². The Morgan fingerprint density at radius 2 is 2.05 bits per heavy atom. The number of carbonyl (C=O) groups excluding carboxylic acids is 1. The number of primary sulfonamides is 1. The number of hydrogen-bond donors (Lipinski definition) is 2. The predicted molar refractivity (Wildman–Crippen MR) is 81.6 cm³/mol. The van der Waals surface area contributed by atoms with Crippen LogP contribution < -0.4 is 15.4 Å². The third-order valence-corrected chi connectivity index (χ3v) is 4.26. The van der Waals surface area contributed by atoms with Crippen LogP contribution in [0.1, 0.15) is 26.3 Å². The summed E-state index contributed by atoms with van der Waals surface area (Å²) >= 11 is 0. The number of anilines is 1. The van der Waals surface area contributed by atoms with Crippen molar-refractivity contribution in [1.29, 1.82) is 0 Å². The summed E-state index contributed by atoms with van der Waals surface area (Å²) in [4.78, 5) is 14.0. The zero-order valence-corrected chi connectivity index (χ0v) is 13.3. The Bertz CT molecular complexity index is 663. The average molecular weight is 311 g/mol. The van der Waals surface area contributed by atoms with Crippen LogP contribution in [0.15, 0.2) is 23.1 Å². The summed E-state index contributed by atoms with van der Waals surface area (Å²) < 4.78 is 22.7. The third-order valence-electron chi connectivity index (χ3n) is 3.35. The minimum absolute atomic E-state index is 0.0213. The van der Waals surface area contributed by atoms with Gasteiger partial charge in [-0.15, -0.1) is 0 Å². The molecule has 0 atom stereocenters. The minimum atomic E-state index is -3.71. The highest BCUT2D eigenvalue weighted by atomic mass is 32.2. The normalized spacial score (nSPS) is 15.1. The van der Waals surface area contributed by atoms with Crippen molar-refractivity contribution in [3.8, 4) is 0 Å². The molecule has 7 heteroatoms. The maximum Gasteiger partial charge on any atom is 0.240 e. The van der Waals surface area contributed by atoms with E-state index in [9.17, 15) is 13.2 Å². The van der Waals surface area contributed by atoms with Gasteiger partial charge in [0.1, 0.15) is 0 Å². The van der Waals surface area contributed by atoms with E-state index in [1.165, 1.54) is 6.07 Å². The molecule has 0 bridgehead atoms. The maximum absolute atomic E-state index is 12.3. The highest BCUT2D eigenvalue weighted by Crippen LogP contribution is 2.29. The van der Waals surface area contributed by atoms with Crippen molar-refractivity contribution in [1.82, 2.24) is 5.32 Å². The molecule has 0 aromatic heterocycles. The summed E-state index contributed by atoms with van der Waals surface area (Å²) in [6.07, 6.45) is 0.639. The van der Waals surface area contributed by atoms with Crippen LogP contribution in [0, 0.1) is 0 Å². The van der Waals surface area contributed by atoms with Crippen molar-refractivity contribution in [2.75, 3.05) is 18.0 Å². The SMILES string of the molecule is CC(C)(C)NCC(=O)N1CCc2cc(S(N)(=O)=O)ccc21. The minimum Gasteiger partial charge on any atom is -0.311 e. The molecule has 0 unspecified atom stereocenters.